The first-order valence-corrected chi connectivity index (χ1v) is 4.38. The van der Waals surface area contributed by atoms with Crippen LogP contribution in [0.1, 0.15) is 11.3 Å². The van der Waals surface area contributed by atoms with E-state index in [9.17, 15) is 0 Å². The predicted molar refractivity (Wildman–Crippen MR) is 49.6 cm³/mol. The van der Waals surface area contributed by atoms with Crippen LogP contribution in [0.3, 0.4) is 0 Å². The number of alkyl halides is 1. The number of hydrogen-bond acceptors (Lipinski definition) is 2. The SMILES string of the molecule is C=C(CBr)c1cncnc1C. The second-order valence-electron chi connectivity index (χ2n) is 2.26. The van der Waals surface area contributed by atoms with Crippen molar-refractivity contribution in [2.75, 3.05) is 5.33 Å². The highest BCUT2D eigenvalue weighted by Gasteiger charge is 2.00. The quantitative estimate of drug-likeness (QED) is 0.703. The second-order valence-corrected chi connectivity index (χ2v) is 2.82. The summed E-state index contributed by atoms with van der Waals surface area (Å²) >= 11 is 3.33. The third-order valence-corrected chi connectivity index (χ3v) is 2.13. The molecule has 3 heteroatoms. The van der Waals surface area contributed by atoms with Crippen molar-refractivity contribution < 1.29 is 0 Å². The highest BCUT2D eigenvalue weighted by molar-refractivity contribution is 9.09. The fraction of sp³-hybridized carbons (Fsp3) is 0.250. The van der Waals surface area contributed by atoms with Gasteiger partial charge in [0.15, 0.2) is 0 Å². The number of aryl methyl sites for hydroxylation is 1. The van der Waals surface area contributed by atoms with Crippen molar-refractivity contribution in [3.05, 3.63) is 30.4 Å². The lowest BCUT2D eigenvalue weighted by Crippen LogP contribution is -1.92. The maximum absolute atomic E-state index is 4.06. The Morgan fingerprint density at radius 2 is 2.45 bits per heavy atom. The van der Waals surface area contributed by atoms with E-state index in [2.05, 4.69) is 32.5 Å². The lowest BCUT2D eigenvalue weighted by Gasteiger charge is -2.02. The Balaban J connectivity index is 3.03. The molecule has 0 saturated carbocycles. The molecular weight excluding hydrogens is 204 g/mol. The largest absolute Gasteiger partial charge is 0.244 e. The van der Waals surface area contributed by atoms with Gasteiger partial charge >= 0.3 is 0 Å². The molecule has 1 aromatic rings. The van der Waals surface area contributed by atoms with Gasteiger partial charge in [-0.15, -0.1) is 0 Å². The third kappa shape index (κ3) is 1.87. The minimum atomic E-state index is 0.765. The summed E-state index contributed by atoms with van der Waals surface area (Å²) in [6.07, 6.45) is 3.33. The Labute approximate surface area is 74.5 Å². The standard InChI is InChI=1S/C8H9BrN2/c1-6(3-9)8-4-10-5-11-7(8)2/h4-5H,1,3H2,2H3. The van der Waals surface area contributed by atoms with E-state index in [1.807, 2.05) is 6.92 Å². The van der Waals surface area contributed by atoms with Crippen LogP contribution in [0, 0.1) is 6.92 Å². The van der Waals surface area contributed by atoms with E-state index in [-0.39, 0.29) is 0 Å². The summed E-state index contributed by atoms with van der Waals surface area (Å²) in [7, 11) is 0. The van der Waals surface area contributed by atoms with Crippen LogP contribution in [0.5, 0.6) is 0 Å². The van der Waals surface area contributed by atoms with Gasteiger partial charge in [0.25, 0.3) is 0 Å². The fourth-order valence-electron chi connectivity index (χ4n) is 0.810. The smallest absolute Gasteiger partial charge is 0.115 e. The summed E-state index contributed by atoms with van der Waals surface area (Å²) in [5.74, 6) is 0. The molecule has 1 heterocycles. The molecule has 0 atom stereocenters. The molecule has 1 rings (SSSR count). The monoisotopic (exact) mass is 212 g/mol. The Hall–Kier alpha value is -0.700. The van der Waals surface area contributed by atoms with Crippen molar-refractivity contribution in [2.45, 2.75) is 6.92 Å². The summed E-state index contributed by atoms with van der Waals surface area (Å²) in [5.41, 5.74) is 3.02. The summed E-state index contributed by atoms with van der Waals surface area (Å²) in [6.45, 7) is 5.83. The average molecular weight is 213 g/mol. The molecule has 58 valence electrons. The first-order valence-electron chi connectivity index (χ1n) is 3.26. The van der Waals surface area contributed by atoms with E-state index in [1.54, 1.807) is 12.5 Å². The highest BCUT2D eigenvalue weighted by Crippen LogP contribution is 2.15. The first-order chi connectivity index (χ1) is 5.25. The van der Waals surface area contributed by atoms with Gasteiger partial charge in [0.05, 0.1) is 0 Å². The van der Waals surface area contributed by atoms with Gasteiger partial charge in [0.2, 0.25) is 0 Å². The number of halogens is 1. The molecule has 0 aliphatic rings. The molecule has 11 heavy (non-hydrogen) atoms. The zero-order valence-electron chi connectivity index (χ0n) is 6.34. The van der Waals surface area contributed by atoms with Gasteiger partial charge in [-0.3, -0.25) is 0 Å². The Kier molecular flexibility index (Phi) is 2.76. The van der Waals surface area contributed by atoms with Crippen LogP contribution >= 0.6 is 15.9 Å². The lowest BCUT2D eigenvalue weighted by molar-refractivity contribution is 1.09. The van der Waals surface area contributed by atoms with E-state index < -0.39 is 0 Å². The lowest BCUT2D eigenvalue weighted by atomic mass is 10.1. The summed E-state index contributed by atoms with van der Waals surface area (Å²) in [4.78, 5) is 7.98. The van der Waals surface area contributed by atoms with Crippen molar-refractivity contribution in [3.8, 4) is 0 Å². The van der Waals surface area contributed by atoms with E-state index in [1.165, 1.54) is 0 Å². The fourth-order valence-corrected chi connectivity index (χ4v) is 1.11. The maximum Gasteiger partial charge on any atom is 0.115 e. The second kappa shape index (κ2) is 3.62. The number of aromatic nitrogens is 2. The van der Waals surface area contributed by atoms with Crippen LogP contribution in [0.15, 0.2) is 19.1 Å². The summed E-state index contributed by atoms with van der Waals surface area (Å²) < 4.78 is 0. The number of nitrogens with zero attached hydrogens (tertiary/aromatic N) is 2. The van der Waals surface area contributed by atoms with Gasteiger partial charge in [-0.2, -0.15) is 0 Å². The molecule has 0 bridgehead atoms. The van der Waals surface area contributed by atoms with Crippen LogP contribution in [-0.4, -0.2) is 15.3 Å². The topological polar surface area (TPSA) is 25.8 Å². The molecule has 0 fully saturated rings. The van der Waals surface area contributed by atoms with Crippen molar-refractivity contribution >= 4 is 21.5 Å². The van der Waals surface area contributed by atoms with Gasteiger partial charge < -0.3 is 0 Å². The predicted octanol–water partition coefficient (Wildman–Crippen LogP) is 2.19. The van der Waals surface area contributed by atoms with E-state index in [4.69, 9.17) is 0 Å². The molecule has 0 aliphatic heterocycles. The molecule has 0 aliphatic carbocycles. The number of hydrogen-bond donors (Lipinski definition) is 0. The summed E-state index contributed by atoms with van der Waals surface area (Å²) in [6, 6.07) is 0. The molecule has 0 radical (unpaired) electrons. The minimum absolute atomic E-state index is 0.765. The molecular formula is C8H9BrN2. The maximum atomic E-state index is 4.06. The van der Waals surface area contributed by atoms with Crippen molar-refractivity contribution in [2.24, 2.45) is 0 Å². The van der Waals surface area contributed by atoms with Gasteiger partial charge in [-0.05, 0) is 12.5 Å². The average Bonchev–Trinajstić information content (AvgIpc) is 2.04. The van der Waals surface area contributed by atoms with Crippen LogP contribution in [0.4, 0.5) is 0 Å². The highest BCUT2D eigenvalue weighted by atomic mass is 79.9. The van der Waals surface area contributed by atoms with Crippen LogP contribution < -0.4 is 0 Å². The first kappa shape index (κ1) is 8.40. The van der Waals surface area contributed by atoms with Gasteiger partial charge in [-0.25, -0.2) is 9.97 Å². The minimum Gasteiger partial charge on any atom is -0.244 e. The molecule has 0 spiro atoms. The molecule has 0 amide bonds. The van der Waals surface area contributed by atoms with Crippen molar-refractivity contribution in [1.82, 2.24) is 9.97 Å². The Morgan fingerprint density at radius 3 is 3.00 bits per heavy atom. The molecule has 1 aromatic heterocycles. The van der Waals surface area contributed by atoms with E-state index >= 15 is 0 Å². The van der Waals surface area contributed by atoms with E-state index in [0.717, 1.165) is 22.2 Å². The molecule has 0 saturated heterocycles. The number of rotatable bonds is 2. The summed E-state index contributed by atoms with van der Waals surface area (Å²) in [5, 5.41) is 0.765. The molecule has 0 unspecified atom stereocenters. The van der Waals surface area contributed by atoms with Crippen LogP contribution in [0.2, 0.25) is 0 Å². The Bertz CT molecular complexity index is 271. The van der Waals surface area contributed by atoms with Gasteiger partial charge in [0, 0.05) is 22.8 Å². The van der Waals surface area contributed by atoms with Crippen molar-refractivity contribution in [1.29, 1.82) is 0 Å². The van der Waals surface area contributed by atoms with Gasteiger partial charge in [-0.1, -0.05) is 22.5 Å². The third-order valence-electron chi connectivity index (χ3n) is 1.45. The van der Waals surface area contributed by atoms with Crippen LogP contribution in [-0.2, 0) is 0 Å². The zero-order chi connectivity index (χ0) is 8.27. The Morgan fingerprint density at radius 1 is 1.73 bits per heavy atom. The van der Waals surface area contributed by atoms with Crippen LogP contribution in [0.25, 0.3) is 5.57 Å². The normalized spacial score (nSPS) is 9.64. The molecule has 2 nitrogen and oxygen atoms in total. The number of allylic oxidation sites excluding steroid dienone is 1. The zero-order valence-corrected chi connectivity index (χ0v) is 7.93. The molecule has 0 aromatic carbocycles. The van der Waals surface area contributed by atoms with Gasteiger partial charge in [0.1, 0.15) is 6.33 Å². The van der Waals surface area contributed by atoms with Crippen molar-refractivity contribution in [3.63, 3.8) is 0 Å². The molecule has 0 N–H and O–H groups in total. The van der Waals surface area contributed by atoms with E-state index in [0.29, 0.717) is 0 Å².